The monoisotopic (exact) mass is 276 g/mol. The molecule has 2 atom stereocenters. The zero-order chi connectivity index (χ0) is 14.7. The molecule has 1 saturated carbocycles. The van der Waals surface area contributed by atoms with Crippen LogP contribution >= 0.6 is 0 Å². The third-order valence-electron chi connectivity index (χ3n) is 4.58. The molecule has 20 heavy (non-hydrogen) atoms. The lowest BCUT2D eigenvalue weighted by atomic mass is 10.0. The van der Waals surface area contributed by atoms with Crippen LogP contribution in [0.15, 0.2) is 18.2 Å². The van der Waals surface area contributed by atoms with Crippen LogP contribution in [-0.4, -0.2) is 38.7 Å². The van der Waals surface area contributed by atoms with Gasteiger partial charge in [-0.3, -0.25) is 0 Å². The molecule has 3 heteroatoms. The fourth-order valence-electron chi connectivity index (χ4n) is 2.86. The van der Waals surface area contributed by atoms with E-state index in [1.54, 1.807) is 7.11 Å². The summed E-state index contributed by atoms with van der Waals surface area (Å²) in [6, 6.07) is 7.37. The number of methoxy groups -OCH3 is 1. The van der Waals surface area contributed by atoms with E-state index in [0.717, 1.165) is 18.2 Å². The van der Waals surface area contributed by atoms with Crippen LogP contribution < -0.4 is 10.1 Å². The normalized spacial score (nSPS) is 18.1. The number of nitrogens with zero attached hydrogens (tertiary/aromatic N) is 1. The van der Waals surface area contributed by atoms with Crippen LogP contribution in [0.2, 0.25) is 0 Å². The Balaban J connectivity index is 2.12. The van der Waals surface area contributed by atoms with E-state index in [1.807, 2.05) is 7.05 Å². The van der Waals surface area contributed by atoms with Crippen molar-refractivity contribution < 1.29 is 4.74 Å². The number of aryl methyl sites for hydroxylation is 1. The van der Waals surface area contributed by atoms with Gasteiger partial charge in [-0.2, -0.15) is 0 Å². The second kappa shape index (κ2) is 6.59. The van der Waals surface area contributed by atoms with Crippen molar-refractivity contribution in [2.24, 2.45) is 5.92 Å². The van der Waals surface area contributed by atoms with E-state index < -0.39 is 0 Å². The molecule has 2 rings (SSSR count). The van der Waals surface area contributed by atoms with E-state index in [4.69, 9.17) is 4.74 Å². The summed E-state index contributed by atoms with van der Waals surface area (Å²) in [6.07, 6.45) is 2.78. The number of hydrogen-bond donors (Lipinski definition) is 1. The molecule has 0 saturated heterocycles. The van der Waals surface area contributed by atoms with Crippen molar-refractivity contribution in [2.45, 2.75) is 38.8 Å². The maximum absolute atomic E-state index is 5.53. The molecule has 0 spiro atoms. The third kappa shape index (κ3) is 3.53. The maximum Gasteiger partial charge on any atom is 0.123 e. The van der Waals surface area contributed by atoms with Gasteiger partial charge in [0.1, 0.15) is 5.75 Å². The summed E-state index contributed by atoms with van der Waals surface area (Å²) >= 11 is 0. The van der Waals surface area contributed by atoms with Crippen LogP contribution in [0.4, 0.5) is 0 Å². The number of ether oxygens (including phenoxy) is 1. The van der Waals surface area contributed by atoms with Gasteiger partial charge < -0.3 is 15.0 Å². The summed E-state index contributed by atoms with van der Waals surface area (Å²) in [6.45, 7) is 5.48. The van der Waals surface area contributed by atoms with Crippen LogP contribution in [0, 0.1) is 12.8 Å². The van der Waals surface area contributed by atoms with E-state index in [9.17, 15) is 0 Å². The average molecular weight is 276 g/mol. The van der Waals surface area contributed by atoms with Crippen molar-refractivity contribution >= 4 is 0 Å². The highest BCUT2D eigenvalue weighted by Gasteiger charge is 2.31. The fraction of sp³-hybridized carbons (Fsp3) is 0.647. The van der Waals surface area contributed by atoms with Crippen molar-refractivity contribution in [1.29, 1.82) is 0 Å². The SMILES string of the molecule is CNC(CN(C)C(C)C1CC1)c1cc(C)ccc1OC. The molecule has 0 radical (unpaired) electrons. The van der Waals surface area contributed by atoms with Gasteiger partial charge >= 0.3 is 0 Å². The van der Waals surface area contributed by atoms with Gasteiger partial charge in [-0.15, -0.1) is 0 Å². The molecule has 1 aliphatic rings. The molecule has 0 amide bonds. The first kappa shape index (κ1) is 15.3. The first-order valence-electron chi connectivity index (χ1n) is 7.58. The van der Waals surface area contributed by atoms with Crippen molar-refractivity contribution in [3.63, 3.8) is 0 Å². The lowest BCUT2D eigenvalue weighted by molar-refractivity contribution is 0.211. The first-order valence-corrected chi connectivity index (χ1v) is 7.58. The summed E-state index contributed by atoms with van der Waals surface area (Å²) in [4.78, 5) is 2.47. The standard InChI is InChI=1S/C17H28N2O/c1-12-6-9-17(20-5)15(10-12)16(18-3)11-19(4)13(2)14-7-8-14/h6,9-10,13-14,16,18H,7-8,11H2,1-5H3. The van der Waals surface area contributed by atoms with Gasteiger partial charge in [-0.25, -0.2) is 0 Å². The highest BCUT2D eigenvalue weighted by Crippen LogP contribution is 2.35. The van der Waals surface area contributed by atoms with Crippen molar-refractivity contribution in [2.75, 3.05) is 27.7 Å². The third-order valence-corrected chi connectivity index (χ3v) is 4.58. The van der Waals surface area contributed by atoms with Crippen molar-refractivity contribution in [1.82, 2.24) is 10.2 Å². The Morgan fingerprint density at radius 1 is 1.40 bits per heavy atom. The fourth-order valence-corrected chi connectivity index (χ4v) is 2.86. The molecule has 0 aliphatic heterocycles. The molecule has 0 aromatic heterocycles. The summed E-state index contributed by atoms with van der Waals surface area (Å²) in [7, 11) is 6.01. The van der Waals surface area contributed by atoms with E-state index in [-0.39, 0.29) is 0 Å². The topological polar surface area (TPSA) is 24.5 Å². The summed E-state index contributed by atoms with van der Waals surface area (Å²) < 4.78 is 5.53. The van der Waals surface area contributed by atoms with E-state index >= 15 is 0 Å². The lowest BCUT2D eigenvalue weighted by Crippen LogP contribution is -2.38. The van der Waals surface area contributed by atoms with Gasteiger partial charge in [-0.05, 0) is 52.8 Å². The Hall–Kier alpha value is -1.06. The zero-order valence-corrected chi connectivity index (χ0v) is 13.4. The predicted molar refractivity (Wildman–Crippen MR) is 84.3 cm³/mol. The number of likely N-dealkylation sites (N-methyl/N-ethyl adjacent to an activating group) is 2. The van der Waals surface area contributed by atoms with Crippen molar-refractivity contribution in [3.8, 4) is 5.75 Å². The first-order chi connectivity index (χ1) is 9.56. The van der Waals surface area contributed by atoms with Crippen LogP contribution in [-0.2, 0) is 0 Å². The predicted octanol–water partition coefficient (Wildman–Crippen LogP) is 2.99. The lowest BCUT2D eigenvalue weighted by Gasteiger charge is -2.30. The van der Waals surface area contributed by atoms with Gasteiger partial charge in [-0.1, -0.05) is 17.7 Å². The molecule has 1 N–H and O–H groups in total. The molecule has 1 aromatic rings. The van der Waals surface area contributed by atoms with E-state index in [1.165, 1.54) is 24.0 Å². The molecule has 2 unspecified atom stereocenters. The Bertz CT molecular complexity index is 443. The number of benzene rings is 1. The summed E-state index contributed by atoms with van der Waals surface area (Å²) in [5, 5.41) is 3.44. The number of rotatable bonds is 7. The van der Waals surface area contributed by atoms with Gasteiger partial charge in [0.05, 0.1) is 7.11 Å². The molecule has 0 heterocycles. The molecule has 112 valence electrons. The van der Waals surface area contributed by atoms with Gasteiger partial charge in [0.2, 0.25) is 0 Å². The minimum Gasteiger partial charge on any atom is -0.496 e. The maximum atomic E-state index is 5.53. The quantitative estimate of drug-likeness (QED) is 0.828. The second-order valence-corrected chi connectivity index (χ2v) is 6.10. The van der Waals surface area contributed by atoms with Gasteiger partial charge in [0, 0.05) is 24.2 Å². The second-order valence-electron chi connectivity index (χ2n) is 6.10. The number of nitrogens with one attached hydrogen (secondary N) is 1. The smallest absolute Gasteiger partial charge is 0.123 e. The van der Waals surface area contributed by atoms with Crippen LogP contribution in [0.3, 0.4) is 0 Å². The Morgan fingerprint density at radius 2 is 2.10 bits per heavy atom. The van der Waals surface area contributed by atoms with Gasteiger partial charge in [0.25, 0.3) is 0 Å². The highest BCUT2D eigenvalue weighted by molar-refractivity contribution is 5.39. The van der Waals surface area contributed by atoms with Crippen LogP contribution in [0.1, 0.15) is 36.9 Å². The average Bonchev–Trinajstić information content (AvgIpc) is 3.28. The molecule has 1 fully saturated rings. The minimum atomic E-state index is 0.302. The Morgan fingerprint density at radius 3 is 2.65 bits per heavy atom. The molecule has 1 aromatic carbocycles. The van der Waals surface area contributed by atoms with Crippen LogP contribution in [0.5, 0.6) is 5.75 Å². The van der Waals surface area contributed by atoms with E-state index in [2.05, 4.69) is 49.3 Å². The zero-order valence-electron chi connectivity index (χ0n) is 13.4. The minimum absolute atomic E-state index is 0.302. The molecule has 1 aliphatic carbocycles. The van der Waals surface area contributed by atoms with Crippen LogP contribution in [0.25, 0.3) is 0 Å². The number of hydrogen-bond acceptors (Lipinski definition) is 3. The molecular weight excluding hydrogens is 248 g/mol. The summed E-state index contributed by atoms with van der Waals surface area (Å²) in [5.74, 6) is 1.87. The molecule has 3 nitrogen and oxygen atoms in total. The van der Waals surface area contributed by atoms with E-state index in [0.29, 0.717) is 12.1 Å². The largest absolute Gasteiger partial charge is 0.496 e. The Kier molecular flexibility index (Phi) is 5.06. The summed E-state index contributed by atoms with van der Waals surface area (Å²) in [5.41, 5.74) is 2.53. The molecule has 0 bridgehead atoms. The molecular formula is C17H28N2O. The highest BCUT2D eigenvalue weighted by atomic mass is 16.5. The van der Waals surface area contributed by atoms with Gasteiger partial charge in [0.15, 0.2) is 0 Å². The van der Waals surface area contributed by atoms with Crippen molar-refractivity contribution in [3.05, 3.63) is 29.3 Å². The Labute approximate surface area is 123 Å².